The predicted octanol–water partition coefficient (Wildman–Crippen LogP) is 3.29. The lowest BCUT2D eigenvalue weighted by Crippen LogP contribution is -2.49. The van der Waals surface area contributed by atoms with E-state index in [0.717, 1.165) is 6.42 Å². The van der Waals surface area contributed by atoms with E-state index in [0.29, 0.717) is 17.9 Å². The molecule has 150 valence electrons. The number of carbonyl (C=O) groups excluding carboxylic acids is 2. The Balaban J connectivity index is 2.13. The molecule has 0 aliphatic carbocycles. The number of ether oxygens (including phenoxy) is 1. The molecule has 2 rings (SSSR count). The summed E-state index contributed by atoms with van der Waals surface area (Å²) in [6, 6.07) is 10.5. The van der Waals surface area contributed by atoms with E-state index < -0.39 is 23.6 Å². The maximum absolute atomic E-state index is 14.1. The molecule has 1 N–H and O–H groups in total. The molecule has 0 aromatic heterocycles. The smallest absolute Gasteiger partial charge is 0.261 e. The van der Waals surface area contributed by atoms with Crippen molar-refractivity contribution in [2.45, 2.75) is 32.9 Å². The Morgan fingerprint density at radius 1 is 1.11 bits per heavy atom. The summed E-state index contributed by atoms with van der Waals surface area (Å²) in [5, 5.41) is 2.74. The number of carbonyl (C=O) groups is 2. The lowest BCUT2D eigenvalue weighted by Gasteiger charge is -2.28. The van der Waals surface area contributed by atoms with Crippen LogP contribution in [0.3, 0.4) is 0 Å². The van der Waals surface area contributed by atoms with Crippen LogP contribution >= 0.6 is 0 Å². The SMILES string of the molecule is CCCNC(=O)[C@@H](C)N(Cc1ccccc1F)C(=O)COc1ccc(F)cc1. The molecule has 0 bridgehead atoms. The van der Waals surface area contributed by atoms with Crippen LogP contribution in [0.4, 0.5) is 8.78 Å². The van der Waals surface area contributed by atoms with Gasteiger partial charge in [-0.05, 0) is 43.7 Å². The number of nitrogens with one attached hydrogen (secondary N) is 1. The van der Waals surface area contributed by atoms with E-state index in [1.54, 1.807) is 25.1 Å². The Kier molecular flexibility index (Phi) is 7.92. The van der Waals surface area contributed by atoms with Crippen LogP contribution in [0.1, 0.15) is 25.8 Å². The first-order valence-electron chi connectivity index (χ1n) is 9.11. The molecule has 2 aromatic carbocycles. The van der Waals surface area contributed by atoms with Gasteiger partial charge < -0.3 is 15.0 Å². The van der Waals surface area contributed by atoms with Crippen LogP contribution in [0, 0.1) is 11.6 Å². The van der Waals surface area contributed by atoms with Gasteiger partial charge in [0.25, 0.3) is 5.91 Å². The van der Waals surface area contributed by atoms with Gasteiger partial charge >= 0.3 is 0 Å². The molecule has 0 aliphatic rings. The first-order valence-corrected chi connectivity index (χ1v) is 9.11. The number of hydrogen-bond acceptors (Lipinski definition) is 3. The van der Waals surface area contributed by atoms with Gasteiger partial charge in [0, 0.05) is 18.7 Å². The Hall–Kier alpha value is -2.96. The van der Waals surface area contributed by atoms with Gasteiger partial charge in [0.05, 0.1) is 0 Å². The van der Waals surface area contributed by atoms with Crippen LogP contribution < -0.4 is 10.1 Å². The highest BCUT2D eigenvalue weighted by Crippen LogP contribution is 2.15. The lowest BCUT2D eigenvalue weighted by molar-refractivity contribution is -0.142. The van der Waals surface area contributed by atoms with Crippen molar-refractivity contribution in [2.75, 3.05) is 13.2 Å². The van der Waals surface area contributed by atoms with Gasteiger partial charge in [-0.3, -0.25) is 9.59 Å². The van der Waals surface area contributed by atoms with Crippen LogP contribution in [0.15, 0.2) is 48.5 Å². The quantitative estimate of drug-likeness (QED) is 0.715. The third kappa shape index (κ3) is 6.04. The van der Waals surface area contributed by atoms with Crippen molar-refractivity contribution >= 4 is 11.8 Å². The molecule has 28 heavy (non-hydrogen) atoms. The van der Waals surface area contributed by atoms with Crippen molar-refractivity contribution in [3.63, 3.8) is 0 Å². The maximum atomic E-state index is 14.1. The van der Waals surface area contributed by atoms with Crippen LogP contribution in [0.5, 0.6) is 5.75 Å². The number of halogens is 2. The number of nitrogens with zero attached hydrogens (tertiary/aromatic N) is 1. The second-order valence-corrected chi connectivity index (χ2v) is 6.32. The molecular formula is C21H24F2N2O3. The first kappa shape index (κ1) is 21.3. The molecule has 0 unspecified atom stereocenters. The highest BCUT2D eigenvalue weighted by Gasteiger charge is 2.27. The van der Waals surface area contributed by atoms with Crippen LogP contribution in [0.25, 0.3) is 0 Å². The summed E-state index contributed by atoms with van der Waals surface area (Å²) in [4.78, 5) is 26.4. The number of benzene rings is 2. The summed E-state index contributed by atoms with van der Waals surface area (Å²) < 4.78 is 32.4. The maximum Gasteiger partial charge on any atom is 0.261 e. The van der Waals surface area contributed by atoms with Gasteiger partial charge in [0.2, 0.25) is 5.91 Å². The lowest BCUT2D eigenvalue weighted by atomic mass is 10.1. The summed E-state index contributed by atoms with van der Waals surface area (Å²) in [6.45, 7) is 3.56. The molecule has 0 saturated carbocycles. The Morgan fingerprint density at radius 2 is 1.79 bits per heavy atom. The topological polar surface area (TPSA) is 58.6 Å². The molecule has 0 heterocycles. The van der Waals surface area contributed by atoms with Crippen molar-refractivity contribution in [1.82, 2.24) is 10.2 Å². The summed E-state index contributed by atoms with van der Waals surface area (Å²) in [7, 11) is 0. The highest BCUT2D eigenvalue weighted by atomic mass is 19.1. The minimum atomic E-state index is -0.810. The highest BCUT2D eigenvalue weighted by molar-refractivity contribution is 5.87. The zero-order valence-corrected chi connectivity index (χ0v) is 16.0. The Bertz CT molecular complexity index is 796. The fraction of sp³-hybridized carbons (Fsp3) is 0.333. The average molecular weight is 390 g/mol. The second-order valence-electron chi connectivity index (χ2n) is 6.32. The molecule has 0 saturated heterocycles. The molecule has 0 radical (unpaired) electrons. The molecule has 1 atom stereocenters. The molecule has 2 aromatic rings. The van der Waals surface area contributed by atoms with Gasteiger partial charge in [0.1, 0.15) is 23.4 Å². The molecule has 0 aliphatic heterocycles. The van der Waals surface area contributed by atoms with Gasteiger partial charge in [-0.2, -0.15) is 0 Å². The predicted molar refractivity (Wildman–Crippen MR) is 102 cm³/mol. The van der Waals surface area contributed by atoms with Crippen LogP contribution in [-0.2, 0) is 16.1 Å². The van der Waals surface area contributed by atoms with E-state index in [9.17, 15) is 18.4 Å². The summed E-state index contributed by atoms with van der Waals surface area (Å²) in [5.74, 6) is -1.36. The molecule has 7 heteroatoms. The number of rotatable bonds is 9. The van der Waals surface area contributed by atoms with E-state index in [1.165, 1.54) is 35.2 Å². The second kappa shape index (κ2) is 10.4. The van der Waals surface area contributed by atoms with Crippen molar-refractivity contribution < 1.29 is 23.1 Å². The van der Waals surface area contributed by atoms with Crippen molar-refractivity contribution in [2.24, 2.45) is 0 Å². The third-order valence-electron chi connectivity index (χ3n) is 4.19. The molecule has 0 spiro atoms. The summed E-state index contributed by atoms with van der Waals surface area (Å²) in [6.07, 6.45) is 0.757. The standard InChI is InChI=1S/C21H24F2N2O3/c1-3-12-24-21(27)15(2)25(13-16-6-4-5-7-19(16)23)20(26)14-28-18-10-8-17(22)9-11-18/h4-11,15H,3,12-14H2,1-2H3,(H,24,27)/t15-/m1/s1. The minimum Gasteiger partial charge on any atom is -0.484 e. The van der Waals surface area contributed by atoms with Crippen molar-refractivity contribution in [3.05, 3.63) is 65.7 Å². The van der Waals surface area contributed by atoms with E-state index in [2.05, 4.69) is 5.32 Å². The number of hydrogen-bond donors (Lipinski definition) is 1. The van der Waals surface area contributed by atoms with E-state index in [-0.39, 0.29) is 19.1 Å². The number of amides is 2. The summed E-state index contributed by atoms with van der Waals surface area (Å²) >= 11 is 0. The van der Waals surface area contributed by atoms with Crippen LogP contribution in [0.2, 0.25) is 0 Å². The fourth-order valence-electron chi connectivity index (χ4n) is 2.55. The average Bonchev–Trinajstić information content (AvgIpc) is 2.70. The molecule has 2 amide bonds. The fourth-order valence-corrected chi connectivity index (χ4v) is 2.55. The Labute approximate surface area is 163 Å². The monoisotopic (exact) mass is 390 g/mol. The molecular weight excluding hydrogens is 366 g/mol. The third-order valence-corrected chi connectivity index (χ3v) is 4.19. The van der Waals surface area contributed by atoms with Crippen molar-refractivity contribution in [1.29, 1.82) is 0 Å². The Morgan fingerprint density at radius 3 is 2.43 bits per heavy atom. The van der Waals surface area contributed by atoms with Gasteiger partial charge in [0.15, 0.2) is 6.61 Å². The normalized spacial score (nSPS) is 11.6. The largest absolute Gasteiger partial charge is 0.484 e. The zero-order chi connectivity index (χ0) is 20.5. The van der Waals surface area contributed by atoms with Gasteiger partial charge in [-0.25, -0.2) is 8.78 Å². The van der Waals surface area contributed by atoms with E-state index in [4.69, 9.17) is 4.74 Å². The molecule has 5 nitrogen and oxygen atoms in total. The first-order chi connectivity index (χ1) is 13.4. The summed E-state index contributed by atoms with van der Waals surface area (Å²) in [5.41, 5.74) is 0.299. The molecule has 0 fully saturated rings. The zero-order valence-electron chi connectivity index (χ0n) is 16.0. The van der Waals surface area contributed by atoms with Crippen molar-refractivity contribution in [3.8, 4) is 5.75 Å². The van der Waals surface area contributed by atoms with E-state index in [1.807, 2.05) is 6.92 Å². The van der Waals surface area contributed by atoms with Crippen LogP contribution in [-0.4, -0.2) is 35.9 Å². The van der Waals surface area contributed by atoms with Gasteiger partial charge in [-0.15, -0.1) is 0 Å². The minimum absolute atomic E-state index is 0.0704. The van der Waals surface area contributed by atoms with Gasteiger partial charge in [-0.1, -0.05) is 25.1 Å². The van der Waals surface area contributed by atoms with E-state index >= 15 is 0 Å².